The van der Waals surface area contributed by atoms with E-state index in [2.05, 4.69) is 45.7 Å². The third-order valence-electron chi connectivity index (χ3n) is 3.08. The number of aromatic nitrogens is 1. The van der Waals surface area contributed by atoms with Gasteiger partial charge in [-0.1, -0.05) is 6.92 Å². The van der Waals surface area contributed by atoms with Gasteiger partial charge in [0.2, 0.25) is 0 Å². The quantitative estimate of drug-likeness (QED) is 0.816. The minimum atomic E-state index is 0.677. The number of hydrogen-bond acceptors (Lipinski definition) is 2. The molecule has 2 rings (SSSR count). The fourth-order valence-corrected chi connectivity index (χ4v) is 2.97. The van der Waals surface area contributed by atoms with E-state index in [1.54, 1.807) is 0 Å². The number of hydrogen-bond donors (Lipinski definition) is 0. The van der Waals surface area contributed by atoms with Crippen LogP contribution in [0.25, 0.3) is 0 Å². The SMILES string of the molecule is CCC1CCCN1c1ncc(C)cc1Br. The van der Waals surface area contributed by atoms with Crippen molar-refractivity contribution in [3.8, 4) is 0 Å². The highest BCUT2D eigenvalue weighted by atomic mass is 79.9. The molecule has 1 atom stereocenters. The van der Waals surface area contributed by atoms with Crippen LogP contribution in [0, 0.1) is 6.92 Å². The Morgan fingerprint density at radius 3 is 3.07 bits per heavy atom. The summed E-state index contributed by atoms with van der Waals surface area (Å²) in [4.78, 5) is 6.97. The summed E-state index contributed by atoms with van der Waals surface area (Å²) in [5.41, 5.74) is 1.21. The molecule has 2 heterocycles. The summed E-state index contributed by atoms with van der Waals surface area (Å²) in [7, 11) is 0. The zero-order valence-corrected chi connectivity index (χ0v) is 10.9. The first-order chi connectivity index (χ1) is 7.22. The molecule has 1 aromatic heterocycles. The Bertz CT molecular complexity index is 351. The second kappa shape index (κ2) is 4.52. The van der Waals surface area contributed by atoms with Crippen molar-refractivity contribution in [2.24, 2.45) is 0 Å². The molecule has 1 aromatic rings. The number of halogens is 1. The molecular formula is C12H17BrN2. The standard InChI is InChI=1S/C12H17BrN2/c1-3-10-5-4-6-15(10)12-11(13)7-9(2)8-14-12/h7-8,10H,3-6H2,1-2H3. The highest BCUT2D eigenvalue weighted by Crippen LogP contribution is 2.31. The van der Waals surface area contributed by atoms with Crippen LogP contribution in [0.2, 0.25) is 0 Å². The summed E-state index contributed by atoms with van der Waals surface area (Å²) in [6.45, 7) is 5.47. The lowest BCUT2D eigenvalue weighted by Gasteiger charge is -2.25. The van der Waals surface area contributed by atoms with Crippen molar-refractivity contribution >= 4 is 21.7 Å². The van der Waals surface area contributed by atoms with Crippen molar-refractivity contribution in [1.82, 2.24) is 4.98 Å². The zero-order chi connectivity index (χ0) is 10.8. The first-order valence-electron chi connectivity index (χ1n) is 5.61. The number of nitrogens with zero attached hydrogens (tertiary/aromatic N) is 2. The third-order valence-corrected chi connectivity index (χ3v) is 3.66. The Labute approximate surface area is 99.8 Å². The first-order valence-corrected chi connectivity index (χ1v) is 6.40. The van der Waals surface area contributed by atoms with E-state index >= 15 is 0 Å². The number of anilines is 1. The Morgan fingerprint density at radius 1 is 1.60 bits per heavy atom. The van der Waals surface area contributed by atoms with Crippen molar-refractivity contribution in [2.75, 3.05) is 11.4 Å². The molecule has 82 valence electrons. The molecule has 1 aliphatic heterocycles. The zero-order valence-electron chi connectivity index (χ0n) is 9.33. The van der Waals surface area contributed by atoms with Gasteiger partial charge in [0.25, 0.3) is 0 Å². The molecule has 0 saturated carbocycles. The van der Waals surface area contributed by atoms with Crippen LogP contribution in [0.1, 0.15) is 31.7 Å². The third kappa shape index (κ3) is 2.17. The van der Waals surface area contributed by atoms with E-state index in [0.29, 0.717) is 6.04 Å². The van der Waals surface area contributed by atoms with Gasteiger partial charge in [-0.3, -0.25) is 0 Å². The lowest BCUT2D eigenvalue weighted by Crippen LogP contribution is -2.29. The number of rotatable bonds is 2. The summed E-state index contributed by atoms with van der Waals surface area (Å²) in [6, 6.07) is 2.82. The van der Waals surface area contributed by atoms with Crippen molar-refractivity contribution < 1.29 is 0 Å². The molecule has 0 N–H and O–H groups in total. The van der Waals surface area contributed by atoms with Gasteiger partial charge in [0, 0.05) is 18.8 Å². The smallest absolute Gasteiger partial charge is 0.143 e. The summed E-state index contributed by atoms with van der Waals surface area (Å²) in [5, 5.41) is 0. The van der Waals surface area contributed by atoms with E-state index in [1.807, 2.05) is 6.20 Å². The molecule has 2 nitrogen and oxygen atoms in total. The summed E-state index contributed by atoms with van der Waals surface area (Å²) >= 11 is 3.61. The maximum Gasteiger partial charge on any atom is 0.143 e. The van der Waals surface area contributed by atoms with Crippen LogP contribution in [0.3, 0.4) is 0 Å². The van der Waals surface area contributed by atoms with E-state index in [-0.39, 0.29) is 0 Å². The van der Waals surface area contributed by atoms with Crippen LogP contribution in [0.15, 0.2) is 16.7 Å². The van der Waals surface area contributed by atoms with E-state index in [9.17, 15) is 0 Å². The Morgan fingerprint density at radius 2 is 2.40 bits per heavy atom. The van der Waals surface area contributed by atoms with Gasteiger partial charge in [-0.05, 0) is 53.7 Å². The van der Waals surface area contributed by atoms with Crippen LogP contribution in [-0.4, -0.2) is 17.6 Å². The summed E-state index contributed by atoms with van der Waals surface area (Å²) in [6.07, 6.45) is 5.76. The van der Waals surface area contributed by atoms with Crippen LogP contribution < -0.4 is 4.90 Å². The second-order valence-electron chi connectivity index (χ2n) is 4.22. The Balaban J connectivity index is 2.28. The molecule has 1 unspecified atom stereocenters. The van der Waals surface area contributed by atoms with Crippen LogP contribution in [0.5, 0.6) is 0 Å². The van der Waals surface area contributed by atoms with E-state index in [4.69, 9.17) is 0 Å². The van der Waals surface area contributed by atoms with Gasteiger partial charge in [0.05, 0.1) is 4.47 Å². The van der Waals surface area contributed by atoms with Crippen LogP contribution in [0.4, 0.5) is 5.82 Å². The summed E-state index contributed by atoms with van der Waals surface area (Å²) < 4.78 is 1.13. The van der Waals surface area contributed by atoms with Crippen molar-refractivity contribution in [3.05, 3.63) is 22.3 Å². The fourth-order valence-electron chi connectivity index (χ4n) is 2.28. The monoisotopic (exact) mass is 268 g/mol. The van der Waals surface area contributed by atoms with Gasteiger partial charge < -0.3 is 4.90 Å². The number of pyridine rings is 1. The van der Waals surface area contributed by atoms with Crippen molar-refractivity contribution in [2.45, 2.75) is 39.2 Å². The van der Waals surface area contributed by atoms with Gasteiger partial charge in [-0.2, -0.15) is 0 Å². The summed E-state index contributed by atoms with van der Waals surface area (Å²) in [5.74, 6) is 1.12. The maximum absolute atomic E-state index is 4.54. The molecule has 0 aliphatic carbocycles. The Hall–Kier alpha value is -0.570. The average molecular weight is 269 g/mol. The van der Waals surface area contributed by atoms with E-state index in [0.717, 1.165) is 16.8 Å². The van der Waals surface area contributed by atoms with Crippen molar-refractivity contribution in [1.29, 1.82) is 0 Å². The van der Waals surface area contributed by atoms with Crippen LogP contribution in [-0.2, 0) is 0 Å². The highest BCUT2D eigenvalue weighted by molar-refractivity contribution is 9.10. The molecule has 15 heavy (non-hydrogen) atoms. The molecular weight excluding hydrogens is 252 g/mol. The minimum Gasteiger partial charge on any atom is -0.353 e. The molecule has 0 amide bonds. The lowest BCUT2D eigenvalue weighted by atomic mass is 10.2. The van der Waals surface area contributed by atoms with E-state index < -0.39 is 0 Å². The molecule has 3 heteroatoms. The highest BCUT2D eigenvalue weighted by Gasteiger charge is 2.25. The molecule has 1 aliphatic rings. The number of aryl methyl sites for hydroxylation is 1. The maximum atomic E-state index is 4.54. The lowest BCUT2D eigenvalue weighted by molar-refractivity contribution is 0.639. The minimum absolute atomic E-state index is 0.677. The predicted octanol–water partition coefficient (Wildman–Crippen LogP) is 3.53. The Kier molecular flexibility index (Phi) is 3.29. The second-order valence-corrected chi connectivity index (χ2v) is 5.07. The molecule has 0 radical (unpaired) electrons. The molecule has 0 bridgehead atoms. The molecule has 1 saturated heterocycles. The molecule has 0 spiro atoms. The van der Waals surface area contributed by atoms with Gasteiger partial charge in [0.15, 0.2) is 0 Å². The topological polar surface area (TPSA) is 16.1 Å². The van der Waals surface area contributed by atoms with Gasteiger partial charge in [-0.15, -0.1) is 0 Å². The predicted molar refractivity (Wildman–Crippen MR) is 67.3 cm³/mol. The van der Waals surface area contributed by atoms with Crippen molar-refractivity contribution in [3.63, 3.8) is 0 Å². The normalized spacial score (nSPS) is 21.0. The molecule has 0 aromatic carbocycles. The molecule has 1 fully saturated rings. The average Bonchev–Trinajstić information content (AvgIpc) is 2.65. The largest absolute Gasteiger partial charge is 0.353 e. The fraction of sp³-hybridized carbons (Fsp3) is 0.583. The van der Waals surface area contributed by atoms with Crippen LogP contribution >= 0.6 is 15.9 Å². The van der Waals surface area contributed by atoms with Gasteiger partial charge in [-0.25, -0.2) is 4.98 Å². The van der Waals surface area contributed by atoms with Gasteiger partial charge >= 0.3 is 0 Å². The van der Waals surface area contributed by atoms with E-state index in [1.165, 1.54) is 24.8 Å². The first kappa shape index (κ1) is 10.9. The van der Waals surface area contributed by atoms with Gasteiger partial charge in [0.1, 0.15) is 5.82 Å².